The number of rotatable bonds is 4. The van der Waals surface area contributed by atoms with Gasteiger partial charge in [0, 0.05) is 18.5 Å². The summed E-state index contributed by atoms with van der Waals surface area (Å²) in [6.07, 6.45) is 3.43. The average molecular weight is 168 g/mol. The molecule has 0 saturated heterocycles. The van der Waals surface area contributed by atoms with Gasteiger partial charge in [-0.25, -0.2) is 0 Å². The molecule has 1 amide bonds. The van der Waals surface area contributed by atoms with Crippen molar-refractivity contribution in [3.8, 4) is 0 Å². The molecule has 3 nitrogen and oxygen atoms in total. The summed E-state index contributed by atoms with van der Waals surface area (Å²) in [5.74, 6) is 1.33. The zero-order valence-corrected chi connectivity index (χ0v) is 7.47. The van der Waals surface area contributed by atoms with Crippen LogP contribution in [-0.4, -0.2) is 25.5 Å². The van der Waals surface area contributed by atoms with Gasteiger partial charge in [0.05, 0.1) is 0 Å². The molecule has 0 heterocycles. The van der Waals surface area contributed by atoms with Gasteiger partial charge in [0.15, 0.2) is 0 Å². The fourth-order valence-electron chi connectivity index (χ4n) is 1.55. The van der Waals surface area contributed by atoms with Gasteiger partial charge in [0.1, 0.15) is 0 Å². The minimum atomic E-state index is 0.275. The van der Waals surface area contributed by atoms with E-state index in [0.717, 1.165) is 19.4 Å². The van der Waals surface area contributed by atoms with Crippen molar-refractivity contribution >= 4 is 5.91 Å². The lowest BCUT2D eigenvalue weighted by Crippen LogP contribution is -2.28. The lowest BCUT2D eigenvalue weighted by Gasteiger charge is -2.02. The Bertz CT molecular complexity index is 189. The molecule has 2 aliphatic carbocycles. The third-order valence-electron chi connectivity index (χ3n) is 2.78. The predicted octanol–water partition coefficient (Wildman–Crippen LogP) is 0.120. The minimum absolute atomic E-state index is 0.275. The quantitative estimate of drug-likeness (QED) is 0.626. The van der Waals surface area contributed by atoms with Crippen LogP contribution in [0.25, 0.3) is 0 Å². The van der Waals surface area contributed by atoms with E-state index >= 15 is 0 Å². The number of carbonyl (C=O) groups excluding carboxylic acids is 1. The van der Waals surface area contributed by atoms with Crippen molar-refractivity contribution in [3.05, 3.63) is 0 Å². The van der Waals surface area contributed by atoms with Gasteiger partial charge in [-0.15, -0.1) is 0 Å². The van der Waals surface area contributed by atoms with Crippen LogP contribution in [0.15, 0.2) is 0 Å². The van der Waals surface area contributed by atoms with Crippen LogP contribution < -0.4 is 10.6 Å². The summed E-state index contributed by atoms with van der Waals surface area (Å²) < 4.78 is 0. The highest BCUT2D eigenvalue weighted by Gasteiger charge is 2.37. The SMILES string of the molecule is CNC1CC1CNC(=O)C1CC1. The first kappa shape index (κ1) is 8.05. The van der Waals surface area contributed by atoms with Crippen LogP contribution in [0, 0.1) is 11.8 Å². The Morgan fingerprint density at radius 1 is 1.50 bits per heavy atom. The summed E-state index contributed by atoms with van der Waals surface area (Å²) in [6.45, 7) is 0.876. The van der Waals surface area contributed by atoms with Crippen molar-refractivity contribution in [2.45, 2.75) is 25.3 Å². The highest BCUT2D eigenvalue weighted by atomic mass is 16.2. The van der Waals surface area contributed by atoms with Crippen LogP contribution >= 0.6 is 0 Å². The van der Waals surface area contributed by atoms with Crippen molar-refractivity contribution in [1.29, 1.82) is 0 Å². The third-order valence-corrected chi connectivity index (χ3v) is 2.78. The maximum Gasteiger partial charge on any atom is 0.223 e. The topological polar surface area (TPSA) is 41.1 Å². The molecule has 2 N–H and O–H groups in total. The summed E-state index contributed by atoms with van der Waals surface area (Å²) >= 11 is 0. The Balaban J connectivity index is 1.59. The third kappa shape index (κ3) is 1.78. The van der Waals surface area contributed by atoms with Crippen molar-refractivity contribution < 1.29 is 4.79 Å². The van der Waals surface area contributed by atoms with Crippen molar-refractivity contribution in [2.24, 2.45) is 11.8 Å². The second-order valence-corrected chi connectivity index (χ2v) is 3.91. The van der Waals surface area contributed by atoms with Gasteiger partial charge in [-0.05, 0) is 32.2 Å². The smallest absolute Gasteiger partial charge is 0.223 e. The summed E-state index contributed by atoms with van der Waals surface area (Å²) in [5.41, 5.74) is 0. The normalized spacial score (nSPS) is 33.1. The fraction of sp³-hybridized carbons (Fsp3) is 0.889. The lowest BCUT2D eigenvalue weighted by molar-refractivity contribution is -0.122. The van der Waals surface area contributed by atoms with Crippen LogP contribution in [0.4, 0.5) is 0 Å². The molecule has 68 valence electrons. The Hall–Kier alpha value is -0.570. The van der Waals surface area contributed by atoms with Gasteiger partial charge < -0.3 is 10.6 Å². The number of nitrogens with one attached hydrogen (secondary N) is 2. The Morgan fingerprint density at radius 3 is 2.75 bits per heavy atom. The Kier molecular flexibility index (Phi) is 2.05. The molecule has 2 saturated carbocycles. The highest BCUT2D eigenvalue weighted by Crippen LogP contribution is 2.31. The predicted molar refractivity (Wildman–Crippen MR) is 46.7 cm³/mol. The Morgan fingerprint density at radius 2 is 2.25 bits per heavy atom. The number of hydrogen-bond donors (Lipinski definition) is 2. The molecule has 2 rings (SSSR count). The number of hydrogen-bond acceptors (Lipinski definition) is 2. The van der Waals surface area contributed by atoms with Crippen LogP contribution in [0.5, 0.6) is 0 Å². The molecule has 2 atom stereocenters. The number of carbonyl (C=O) groups is 1. The van der Waals surface area contributed by atoms with Crippen molar-refractivity contribution in [2.75, 3.05) is 13.6 Å². The molecule has 12 heavy (non-hydrogen) atoms. The van der Waals surface area contributed by atoms with E-state index in [2.05, 4.69) is 10.6 Å². The monoisotopic (exact) mass is 168 g/mol. The van der Waals surface area contributed by atoms with E-state index in [4.69, 9.17) is 0 Å². The standard InChI is InChI=1S/C9H16N2O/c1-10-8-4-7(8)5-11-9(12)6-2-3-6/h6-8,10H,2-5H2,1H3,(H,11,12). The first-order valence-corrected chi connectivity index (χ1v) is 4.76. The second-order valence-electron chi connectivity index (χ2n) is 3.91. The molecule has 0 aromatic rings. The second kappa shape index (κ2) is 3.05. The molecule has 0 aliphatic heterocycles. The molecule has 0 spiro atoms. The van der Waals surface area contributed by atoms with E-state index in [1.807, 2.05) is 7.05 Å². The molecule has 0 aromatic heterocycles. The van der Waals surface area contributed by atoms with Gasteiger partial charge in [-0.2, -0.15) is 0 Å². The first-order chi connectivity index (χ1) is 5.81. The summed E-state index contributed by atoms with van der Waals surface area (Å²) in [5, 5.41) is 6.20. The van der Waals surface area contributed by atoms with Crippen LogP contribution in [0.1, 0.15) is 19.3 Å². The zero-order valence-electron chi connectivity index (χ0n) is 7.47. The molecule has 0 radical (unpaired) electrons. The van der Waals surface area contributed by atoms with Crippen LogP contribution in [-0.2, 0) is 4.79 Å². The molecule has 2 fully saturated rings. The lowest BCUT2D eigenvalue weighted by atomic mass is 10.3. The molecular formula is C9H16N2O. The molecular weight excluding hydrogens is 152 g/mol. The van der Waals surface area contributed by atoms with Gasteiger partial charge in [0.25, 0.3) is 0 Å². The number of amides is 1. The minimum Gasteiger partial charge on any atom is -0.356 e. The summed E-state index contributed by atoms with van der Waals surface area (Å²) in [6, 6.07) is 0.657. The average Bonchev–Trinajstić information content (AvgIpc) is 2.93. The highest BCUT2D eigenvalue weighted by molar-refractivity contribution is 5.80. The van der Waals surface area contributed by atoms with Gasteiger partial charge in [-0.1, -0.05) is 0 Å². The van der Waals surface area contributed by atoms with Crippen LogP contribution in [0.3, 0.4) is 0 Å². The fourth-order valence-corrected chi connectivity index (χ4v) is 1.55. The molecule has 0 aromatic carbocycles. The van der Waals surface area contributed by atoms with Crippen molar-refractivity contribution in [3.63, 3.8) is 0 Å². The van der Waals surface area contributed by atoms with E-state index in [-0.39, 0.29) is 5.91 Å². The van der Waals surface area contributed by atoms with Gasteiger partial charge in [0.2, 0.25) is 5.91 Å². The van der Waals surface area contributed by atoms with E-state index in [1.165, 1.54) is 6.42 Å². The maximum absolute atomic E-state index is 11.2. The van der Waals surface area contributed by atoms with E-state index < -0.39 is 0 Å². The summed E-state index contributed by atoms with van der Waals surface area (Å²) in [4.78, 5) is 11.2. The van der Waals surface area contributed by atoms with E-state index in [1.54, 1.807) is 0 Å². The summed E-state index contributed by atoms with van der Waals surface area (Å²) in [7, 11) is 1.98. The molecule has 0 bridgehead atoms. The van der Waals surface area contributed by atoms with Gasteiger partial charge >= 0.3 is 0 Å². The molecule has 2 aliphatic rings. The first-order valence-electron chi connectivity index (χ1n) is 4.76. The van der Waals surface area contributed by atoms with E-state index in [0.29, 0.717) is 17.9 Å². The van der Waals surface area contributed by atoms with E-state index in [9.17, 15) is 4.79 Å². The van der Waals surface area contributed by atoms with Gasteiger partial charge in [-0.3, -0.25) is 4.79 Å². The molecule has 2 unspecified atom stereocenters. The maximum atomic E-state index is 11.2. The van der Waals surface area contributed by atoms with Crippen molar-refractivity contribution in [1.82, 2.24) is 10.6 Å². The molecule has 3 heteroatoms. The van der Waals surface area contributed by atoms with Crippen LogP contribution in [0.2, 0.25) is 0 Å². The Labute approximate surface area is 72.9 Å². The zero-order chi connectivity index (χ0) is 8.55. The largest absolute Gasteiger partial charge is 0.356 e.